The van der Waals surface area contributed by atoms with Crippen LogP contribution in [0.4, 0.5) is 0 Å². The maximum absolute atomic E-state index is 12.6. The Kier molecular flexibility index (Phi) is 4.44. The molecule has 0 amide bonds. The quantitative estimate of drug-likeness (QED) is 0.711. The van der Waals surface area contributed by atoms with Crippen LogP contribution in [0.3, 0.4) is 0 Å². The van der Waals surface area contributed by atoms with E-state index in [1.54, 1.807) is 0 Å². The van der Waals surface area contributed by atoms with Crippen LogP contribution in [0, 0.1) is 28.6 Å². The number of rotatable bonds is 2. The van der Waals surface area contributed by atoms with Gasteiger partial charge in [-0.2, -0.15) is 0 Å². The molecule has 5 fully saturated rings. The number of carbonyl (C=O) groups excluding carboxylic acids is 1. The van der Waals surface area contributed by atoms with Crippen molar-refractivity contribution < 1.29 is 14.7 Å². The highest BCUT2D eigenvalue weighted by Crippen LogP contribution is 2.66. The minimum atomic E-state index is -0.668. The molecule has 7 atom stereocenters. The molecular formula is C23H36N2O3. The molecule has 1 saturated heterocycles. The van der Waals surface area contributed by atoms with Crippen LogP contribution >= 0.6 is 0 Å². The van der Waals surface area contributed by atoms with Crippen molar-refractivity contribution in [2.45, 2.75) is 89.8 Å². The average Bonchev–Trinajstić information content (AvgIpc) is 3.29. The zero-order valence-corrected chi connectivity index (χ0v) is 17.5. The number of fused-ring (bicyclic) bond motifs is 5. The number of ketones is 1. The molecule has 1 unspecified atom stereocenters. The third kappa shape index (κ3) is 2.64. The van der Waals surface area contributed by atoms with Gasteiger partial charge in [-0.05, 0) is 69.2 Å². The third-order valence-electron chi connectivity index (χ3n) is 9.69. The first-order valence-corrected chi connectivity index (χ1v) is 11.5. The molecule has 1 aliphatic heterocycles. The lowest BCUT2D eigenvalue weighted by Crippen LogP contribution is -2.62. The van der Waals surface area contributed by atoms with Gasteiger partial charge in [-0.15, -0.1) is 0 Å². The smallest absolute Gasteiger partial charge is 0.141 e. The van der Waals surface area contributed by atoms with Gasteiger partial charge < -0.3 is 15.3 Å². The Bertz CT molecular complexity index is 687. The number of nitrogens with one attached hydrogen (secondary N) is 1. The van der Waals surface area contributed by atoms with E-state index in [4.69, 9.17) is 4.84 Å². The predicted molar refractivity (Wildman–Crippen MR) is 108 cm³/mol. The Labute approximate surface area is 168 Å². The van der Waals surface area contributed by atoms with E-state index in [0.29, 0.717) is 30.0 Å². The van der Waals surface area contributed by atoms with Crippen molar-refractivity contribution in [2.75, 3.05) is 13.1 Å². The highest BCUT2D eigenvalue weighted by molar-refractivity contribution is 5.87. The van der Waals surface area contributed by atoms with Crippen LogP contribution in [0.2, 0.25) is 0 Å². The number of nitrogens with zero attached hydrogens (tertiary/aromatic N) is 1. The summed E-state index contributed by atoms with van der Waals surface area (Å²) in [6.07, 6.45) is 9.64. The Hall–Kier alpha value is -0.940. The van der Waals surface area contributed by atoms with E-state index in [0.717, 1.165) is 76.6 Å². The van der Waals surface area contributed by atoms with Gasteiger partial charge in [-0.25, -0.2) is 0 Å². The van der Waals surface area contributed by atoms with E-state index in [9.17, 15) is 9.90 Å². The molecular weight excluding hydrogens is 352 g/mol. The molecule has 4 saturated carbocycles. The van der Waals surface area contributed by atoms with Gasteiger partial charge >= 0.3 is 0 Å². The van der Waals surface area contributed by atoms with Gasteiger partial charge in [-0.1, -0.05) is 19.0 Å². The molecule has 0 aromatic carbocycles. The lowest BCUT2D eigenvalue weighted by Gasteiger charge is -2.62. The van der Waals surface area contributed by atoms with Gasteiger partial charge in [0.15, 0.2) is 0 Å². The standard InChI is InChI=1S/C23H36N2O3/c1-21-9-7-19-17(18(21)3-4-20(21)26)6-11-23(27)13-15(5-10-22(19,23)2)25-28-16-8-12-24-14-16/h16-19,24,27H,3-14H2,1-2H3/b25-15-/t16-,17+,18+,19-,21+,22-,23?/m1/s1. The molecule has 156 valence electrons. The number of oxime groups is 1. The first-order chi connectivity index (χ1) is 13.4. The van der Waals surface area contributed by atoms with E-state index in [-0.39, 0.29) is 16.9 Å². The predicted octanol–water partition coefficient (Wildman–Crippen LogP) is 3.45. The molecule has 5 nitrogen and oxygen atoms in total. The van der Waals surface area contributed by atoms with Crippen molar-refractivity contribution in [3.63, 3.8) is 0 Å². The zero-order chi connectivity index (χ0) is 19.6. The van der Waals surface area contributed by atoms with Gasteiger partial charge in [0.25, 0.3) is 0 Å². The Morgan fingerprint density at radius 3 is 2.71 bits per heavy atom. The molecule has 0 bridgehead atoms. The zero-order valence-electron chi connectivity index (χ0n) is 17.5. The third-order valence-corrected chi connectivity index (χ3v) is 9.69. The lowest BCUT2D eigenvalue weighted by molar-refractivity contribution is -0.188. The maximum Gasteiger partial charge on any atom is 0.141 e. The van der Waals surface area contributed by atoms with Crippen LogP contribution in [0.5, 0.6) is 0 Å². The van der Waals surface area contributed by atoms with Gasteiger partial charge in [0.05, 0.1) is 11.3 Å². The fourth-order valence-corrected chi connectivity index (χ4v) is 7.77. The molecule has 2 N–H and O–H groups in total. The molecule has 0 radical (unpaired) electrons. The fourth-order valence-electron chi connectivity index (χ4n) is 7.77. The van der Waals surface area contributed by atoms with Crippen LogP contribution in [0.1, 0.15) is 78.1 Å². The number of hydrogen-bond acceptors (Lipinski definition) is 5. The number of aliphatic hydroxyl groups is 1. The van der Waals surface area contributed by atoms with Gasteiger partial charge in [0.1, 0.15) is 11.9 Å². The van der Waals surface area contributed by atoms with Crippen molar-refractivity contribution in [2.24, 2.45) is 33.7 Å². The summed E-state index contributed by atoms with van der Waals surface area (Å²) in [4.78, 5) is 18.3. The van der Waals surface area contributed by atoms with Crippen molar-refractivity contribution in [3.8, 4) is 0 Å². The average molecular weight is 389 g/mol. The first kappa shape index (κ1) is 19.0. The highest BCUT2D eigenvalue weighted by Gasteiger charge is 2.64. The largest absolute Gasteiger partial charge is 0.391 e. The summed E-state index contributed by atoms with van der Waals surface area (Å²) >= 11 is 0. The van der Waals surface area contributed by atoms with Crippen LogP contribution in [0.25, 0.3) is 0 Å². The second kappa shape index (κ2) is 6.53. The van der Waals surface area contributed by atoms with Crippen molar-refractivity contribution in [1.82, 2.24) is 5.32 Å². The number of carbonyl (C=O) groups is 1. The molecule has 0 spiro atoms. The second-order valence-electron chi connectivity index (χ2n) is 10.8. The van der Waals surface area contributed by atoms with Crippen molar-refractivity contribution >= 4 is 11.5 Å². The summed E-state index contributed by atoms with van der Waals surface area (Å²) in [7, 11) is 0. The van der Waals surface area contributed by atoms with Gasteiger partial charge in [0.2, 0.25) is 0 Å². The van der Waals surface area contributed by atoms with E-state index >= 15 is 0 Å². The minimum Gasteiger partial charge on any atom is -0.391 e. The van der Waals surface area contributed by atoms with E-state index in [1.807, 2.05) is 0 Å². The van der Waals surface area contributed by atoms with Gasteiger partial charge in [-0.3, -0.25) is 4.79 Å². The summed E-state index contributed by atoms with van der Waals surface area (Å²) in [5.41, 5.74) is 0.231. The number of Topliss-reactive ketones (excluding diaryl/α,β-unsaturated/α-hetero) is 1. The minimum absolute atomic E-state index is 0.0587. The normalized spacial score (nSPS) is 52.2. The highest BCUT2D eigenvalue weighted by atomic mass is 16.6. The van der Waals surface area contributed by atoms with E-state index in [2.05, 4.69) is 24.3 Å². The molecule has 5 heteroatoms. The molecule has 28 heavy (non-hydrogen) atoms. The summed E-state index contributed by atoms with van der Waals surface area (Å²) in [6, 6.07) is 0. The Balaban J connectivity index is 1.35. The summed E-state index contributed by atoms with van der Waals surface area (Å²) in [5, 5.41) is 19.6. The molecule has 0 aromatic rings. The van der Waals surface area contributed by atoms with Crippen molar-refractivity contribution in [1.29, 1.82) is 0 Å². The maximum atomic E-state index is 12.6. The fraction of sp³-hybridized carbons (Fsp3) is 0.913. The summed E-state index contributed by atoms with van der Waals surface area (Å²) in [6.45, 7) is 6.44. The Morgan fingerprint density at radius 1 is 1.07 bits per heavy atom. The van der Waals surface area contributed by atoms with Crippen LogP contribution in [-0.2, 0) is 9.63 Å². The molecule has 5 rings (SSSR count). The van der Waals surface area contributed by atoms with Crippen LogP contribution < -0.4 is 5.32 Å². The molecule has 4 aliphatic carbocycles. The summed E-state index contributed by atoms with van der Waals surface area (Å²) < 4.78 is 0. The molecule has 1 heterocycles. The lowest BCUT2D eigenvalue weighted by atomic mass is 9.43. The number of hydrogen-bond donors (Lipinski definition) is 2. The van der Waals surface area contributed by atoms with Gasteiger partial charge in [0, 0.05) is 36.6 Å². The molecule has 5 aliphatic rings. The van der Waals surface area contributed by atoms with Crippen LogP contribution in [0.15, 0.2) is 5.16 Å². The monoisotopic (exact) mass is 388 g/mol. The first-order valence-electron chi connectivity index (χ1n) is 11.5. The topological polar surface area (TPSA) is 70.9 Å². The Morgan fingerprint density at radius 2 is 1.93 bits per heavy atom. The van der Waals surface area contributed by atoms with E-state index in [1.165, 1.54) is 0 Å². The van der Waals surface area contributed by atoms with Crippen molar-refractivity contribution in [3.05, 3.63) is 0 Å². The second-order valence-corrected chi connectivity index (χ2v) is 10.8. The SMILES string of the molecule is C[C@]12CC[C@@H]3[C@@H](CCC4(O)C/C(=N\O[C@@H]5CCNC5)CC[C@]34C)[C@@H]1CCC2=O. The van der Waals surface area contributed by atoms with Crippen LogP contribution in [-0.4, -0.2) is 41.4 Å². The summed E-state index contributed by atoms with van der Waals surface area (Å²) in [5.74, 6) is 2.18. The molecule has 0 aromatic heterocycles. The van der Waals surface area contributed by atoms with E-state index < -0.39 is 5.60 Å².